The van der Waals surface area contributed by atoms with Gasteiger partial charge in [-0.3, -0.25) is 9.59 Å². The standard InChI is InChI=1S/C19H20N2O3/c1-14(22)12-13-17-18(23)20(15-8-4-2-5-9-15)21(19(17)24)16-10-6-3-7-11-16/h2-11,14,17,22H,12-13H2,1H3. The first-order valence-electron chi connectivity index (χ1n) is 8.05. The summed E-state index contributed by atoms with van der Waals surface area (Å²) in [5, 5.41) is 12.4. The Morgan fingerprint density at radius 2 is 1.29 bits per heavy atom. The number of nitrogens with zero attached hydrogens (tertiary/aromatic N) is 2. The summed E-state index contributed by atoms with van der Waals surface area (Å²) in [6, 6.07) is 18.3. The van der Waals surface area contributed by atoms with Crippen LogP contribution in [0.4, 0.5) is 11.4 Å². The molecule has 0 bridgehead atoms. The van der Waals surface area contributed by atoms with Gasteiger partial charge >= 0.3 is 0 Å². The van der Waals surface area contributed by atoms with Crippen LogP contribution < -0.4 is 10.0 Å². The number of benzene rings is 2. The molecule has 0 saturated carbocycles. The van der Waals surface area contributed by atoms with Gasteiger partial charge in [0.05, 0.1) is 17.5 Å². The van der Waals surface area contributed by atoms with Crippen molar-refractivity contribution in [3.63, 3.8) is 0 Å². The van der Waals surface area contributed by atoms with Gasteiger partial charge in [-0.25, -0.2) is 10.0 Å². The zero-order chi connectivity index (χ0) is 17.1. The highest BCUT2D eigenvalue weighted by molar-refractivity contribution is 6.22. The summed E-state index contributed by atoms with van der Waals surface area (Å²) in [6.45, 7) is 1.66. The van der Waals surface area contributed by atoms with Gasteiger partial charge in [0.15, 0.2) is 0 Å². The number of rotatable bonds is 5. The second-order valence-electron chi connectivity index (χ2n) is 5.95. The highest BCUT2D eigenvalue weighted by Gasteiger charge is 2.46. The van der Waals surface area contributed by atoms with Gasteiger partial charge in [0.1, 0.15) is 5.92 Å². The summed E-state index contributed by atoms with van der Waals surface area (Å²) in [6.07, 6.45) is 0.205. The van der Waals surface area contributed by atoms with Crippen LogP contribution in [0.2, 0.25) is 0 Å². The minimum atomic E-state index is -0.764. The maximum atomic E-state index is 12.9. The molecule has 0 spiro atoms. The molecule has 2 amide bonds. The average Bonchev–Trinajstić information content (AvgIpc) is 2.85. The number of carbonyl (C=O) groups is 2. The lowest BCUT2D eigenvalue weighted by Gasteiger charge is -2.27. The summed E-state index contributed by atoms with van der Waals surface area (Å²) >= 11 is 0. The van der Waals surface area contributed by atoms with Crippen molar-refractivity contribution in [2.45, 2.75) is 25.9 Å². The number of hydrazine groups is 1. The lowest BCUT2D eigenvalue weighted by molar-refractivity contribution is -0.127. The van der Waals surface area contributed by atoms with Crippen molar-refractivity contribution < 1.29 is 14.7 Å². The van der Waals surface area contributed by atoms with Crippen molar-refractivity contribution in [3.05, 3.63) is 60.7 Å². The van der Waals surface area contributed by atoms with E-state index in [1.807, 2.05) is 36.4 Å². The first-order valence-corrected chi connectivity index (χ1v) is 8.05. The molecule has 0 aliphatic carbocycles. The number of hydrogen-bond donors (Lipinski definition) is 1. The summed E-state index contributed by atoms with van der Waals surface area (Å²) in [5.74, 6) is -1.27. The molecule has 1 saturated heterocycles. The van der Waals surface area contributed by atoms with E-state index >= 15 is 0 Å². The van der Waals surface area contributed by atoms with E-state index in [-0.39, 0.29) is 11.8 Å². The fraction of sp³-hybridized carbons (Fsp3) is 0.263. The van der Waals surface area contributed by atoms with Gasteiger partial charge in [-0.2, -0.15) is 0 Å². The monoisotopic (exact) mass is 324 g/mol. The van der Waals surface area contributed by atoms with E-state index in [0.717, 1.165) is 0 Å². The SMILES string of the molecule is CC(O)CCC1C(=O)N(c2ccccc2)N(c2ccccc2)C1=O. The minimum absolute atomic E-state index is 0.254. The molecule has 1 aliphatic rings. The van der Waals surface area contributed by atoms with Gasteiger partial charge in [-0.15, -0.1) is 0 Å². The van der Waals surface area contributed by atoms with Gasteiger partial charge in [0.2, 0.25) is 0 Å². The average molecular weight is 324 g/mol. The largest absolute Gasteiger partial charge is 0.393 e. The van der Waals surface area contributed by atoms with E-state index in [1.54, 1.807) is 31.2 Å². The van der Waals surface area contributed by atoms with Crippen LogP contribution in [0.1, 0.15) is 19.8 Å². The maximum Gasteiger partial charge on any atom is 0.258 e. The van der Waals surface area contributed by atoms with Crippen molar-refractivity contribution in [2.24, 2.45) is 5.92 Å². The molecule has 124 valence electrons. The smallest absolute Gasteiger partial charge is 0.258 e. The normalized spacial score (nSPS) is 16.8. The molecule has 1 fully saturated rings. The van der Waals surface area contributed by atoms with Crippen molar-refractivity contribution in [2.75, 3.05) is 10.0 Å². The summed E-state index contributed by atoms with van der Waals surface area (Å²) in [4.78, 5) is 25.8. The predicted molar refractivity (Wildman–Crippen MR) is 92.3 cm³/mol. The minimum Gasteiger partial charge on any atom is -0.393 e. The van der Waals surface area contributed by atoms with Crippen molar-refractivity contribution in [1.82, 2.24) is 0 Å². The van der Waals surface area contributed by atoms with E-state index in [1.165, 1.54) is 10.0 Å². The third kappa shape index (κ3) is 3.03. The molecular weight excluding hydrogens is 304 g/mol. The number of aliphatic hydroxyl groups excluding tert-OH is 1. The summed E-state index contributed by atoms with van der Waals surface area (Å²) in [5.41, 5.74) is 1.30. The van der Waals surface area contributed by atoms with Gasteiger partial charge < -0.3 is 5.11 Å². The number of carbonyl (C=O) groups excluding carboxylic acids is 2. The topological polar surface area (TPSA) is 60.9 Å². The second-order valence-corrected chi connectivity index (χ2v) is 5.95. The Morgan fingerprint density at radius 3 is 1.67 bits per heavy atom. The highest BCUT2D eigenvalue weighted by Crippen LogP contribution is 2.33. The molecule has 5 nitrogen and oxygen atoms in total. The third-order valence-corrected chi connectivity index (χ3v) is 4.09. The zero-order valence-corrected chi connectivity index (χ0v) is 13.5. The molecule has 5 heteroatoms. The van der Waals surface area contributed by atoms with Crippen molar-refractivity contribution in [3.8, 4) is 0 Å². The quantitative estimate of drug-likeness (QED) is 0.860. The molecule has 1 unspecified atom stereocenters. The predicted octanol–water partition coefficient (Wildman–Crippen LogP) is 2.76. The number of amides is 2. The highest BCUT2D eigenvalue weighted by atomic mass is 16.3. The van der Waals surface area contributed by atoms with Crippen molar-refractivity contribution >= 4 is 23.2 Å². The Balaban J connectivity index is 1.99. The Kier molecular flexibility index (Phi) is 4.62. The Bertz CT molecular complexity index is 658. The molecular formula is C19H20N2O3. The van der Waals surface area contributed by atoms with E-state index in [9.17, 15) is 14.7 Å². The molecule has 1 atom stereocenters. The molecule has 2 aromatic rings. The molecule has 24 heavy (non-hydrogen) atoms. The van der Waals surface area contributed by atoms with Crippen LogP contribution in [0.25, 0.3) is 0 Å². The molecule has 0 aromatic heterocycles. The Morgan fingerprint density at radius 1 is 0.875 bits per heavy atom. The molecule has 2 aromatic carbocycles. The molecule has 1 heterocycles. The number of aliphatic hydroxyl groups is 1. The fourth-order valence-corrected chi connectivity index (χ4v) is 2.88. The molecule has 1 N–H and O–H groups in total. The van der Waals surface area contributed by atoms with Crippen LogP contribution in [-0.4, -0.2) is 23.0 Å². The lowest BCUT2D eigenvalue weighted by Crippen LogP contribution is -2.41. The number of para-hydroxylation sites is 2. The van der Waals surface area contributed by atoms with E-state index in [4.69, 9.17) is 0 Å². The maximum absolute atomic E-state index is 12.9. The molecule has 1 aliphatic heterocycles. The lowest BCUT2D eigenvalue weighted by atomic mass is 10.0. The van der Waals surface area contributed by atoms with E-state index in [2.05, 4.69) is 0 Å². The van der Waals surface area contributed by atoms with Gasteiger partial charge in [-0.05, 0) is 44.0 Å². The second kappa shape index (κ2) is 6.84. The first kappa shape index (κ1) is 16.2. The van der Waals surface area contributed by atoms with Gasteiger partial charge in [0, 0.05) is 0 Å². The number of anilines is 2. The number of hydrogen-bond acceptors (Lipinski definition) is 3. The molecule has 0 radical (unpaired) electrons. The first-order chi connectivity index (χ1) is 11.6. The van der Waals surface area contributed by atoms with Crippen LogP contribution in [0.5, 0.6) is 0 Å². The Labute approximate surface area is 141 Å². The summed E-state index contributed by atoms with van der Waals surface area (Å²) < 4.78 is 0. The molecule has 3 rings (SSSR count). The Hall–Kier alpha value is -2.66. The summed E-state index contributed by atoms with van der Waals surface area (Å²) in [7, 11) is 0. The zero-order valence-electron chi connectivity index (χ0n) is 13.5. The van der Waals surface area contributed by atoms with Crippen LogP contribution >= 0.6 is 0 Å². The van der Waals surface area contributed by atoms with Crippen LogP contribution in [0.3, 0.4) is 0 Å². The third-order valence-electron chi connectivity index (χ3n) is 4.09. The van der Waals surface area contributed by atoms with Gasteiger partial charge in [0.25, 0.3) is 11.8 Å². The van der Waals surface area contributed by atoms with Crippen LogP contribution in [0.15, 0.2) is 60.7 Å². The van der Waals surface area contributed by atoms with E-state index < -0.39 is 12.0 Å². The van der Waals surface area contributed by atoms with E-state index in [0.29, 0.717) is 24.2 Å². The van der Waals surface area contributed by atoms with Gasteiger partial charge in [-0.1, -0.05) is 36.4 Å². The van der Waals surface area contributed by atoms with Crippen molar-refractivity contribution in [1.29, 1.82) is 0 Å². The van der Waals surface area contributed by atoms with Crippen LogP contribution in [0, 0.1) is 5.92 Å². The fourth-order valence-electron chi connectivity index (χ4n) is 2.88. The van der Waals surface area contributed by atoms with Crippen LogP contribution in [-0.2, 0) is 9.59 Å².